The fraction of sp³-hybridized carbons (Fsp3) is 0.533. The first-order valence-corrected chi connectivity index (χ1v) is 7.26. The Labute approximate surface area is 124 Å². The predicted molar refractivity (Wildman–Crippen MR) is 81.3 cm³/mol. The maximum absolute atomic E-state index is 11.8. The molecule has 0 aromatic heterocycles. The number of carbonyl (C=O) groups excluding carboxylic acids is 1. The number of ether oxygens (including phenoxy) is 1. The molecule has 1 saturated heterocycles. The molecule has 0 radical (unpaired) electrons. The van der Waals surface area contributed by atoms with Gasteiger partial charge in [-0.05, 0) is 57.9 Å². The second kappa shape index (κ2) is 6.02. The van der Waals surface area contributed by atoms with Gasteiger partial charge in [0.25, 0.3) is 0 Å². The van der Waals surface area contributed by atoms with Crippen molar-refractivity contribution in [3.8, 4) is 0 Å². The summed E-state index contributed by atoms with van der Waals surface area (Å²) in [5, 5.41) is 6.65. The summed E-state index contributed by atoms with van der Waals surface area (Å²) in [6.07, 6.45) is 1.78. The van der Waals surface area contributed by atoms with Crippen LogP contribution in [0.2, 0.25) is 5.02 Å². The van der Waals surface area contributed by atoms with Crippen LogP contribution in [0.15, 0.2) is 18.2 Å². The highest BCUT2D eigenvalue weighted by Crippen LogP contribution is 2.30. The molecule has 1 aliphatic rings. The molecule has 4 nitrogen and oxygen atoms in total. The van der Waals surface area contributed by atoms with E-state index in [1.54, 1.807) is 0 Å². The van der Waals surface area contributed by atoms with E-state index < -0.39 is 11.7 Å². The van der Waals surface area contributed by atoms with Crippen molar-refractivity contribution in [3.63, 3.8) is 0 Å². The lowest BCUT2D eigenvalue weighted by atomic mass is 10.0. The van der Waals surface area contributed by atoms with Crippen molar-refractivity contribution in [1.29, 1.82) is 0 Å². The lowest BCUT2D eigenvalue weighted by Gasteiger charge is -2.20. The molecule has 1 atom stereocenters. The van der Waals surface area contributed by atoms with Crippen LogP contribution < -0.4 is 10.6 Å². The summed E-state index contributed by atoms with van der Waals surface area (Å²) in [4.78, 5) is 11.8. The van der Waals surface area contributed by atoms with E-state index in [4.69, 9.17) is 16.3 Å². The van der Waals surface area contributed by atoms with Crippen LogP contribution >= 0.6 is 11.6 Å². The van der Waals surface area contributed by atoms with Crippen LogP contribution in [0, 0.1) is 0 Å². The molecule has 2 rings (SSSR count). The van der Waals surface area contributed by atoms with E-state index in [2.05, 4.69) is 10.6 Å². The highest BCUT2D eigenvalue weighted by molar-refractivity contribution is 6.33. The smallest absolute Gasteiger partial charge is 0.412 e. The summed E-state index contributed by atoms with van der Waals surface area (Å²) in [5.41, 5.74) is 1.20. The Kier molecular flexibility index (Phi) is 4.55. The molecule has 1 fully saturated rings. The normalized spacial score (nSPS) is 18.9. The van der Waals surface area contributed by atoms with Crippen LogP contribution in [0.4, 0.5) is 10.5 Å². The third-order valence-electron chi connectivity index (χ3n) is 3.09. The van der Waals surface area contributed by atoms with Crippen LogP contribution in [0.5, 0.6) is 0 Å². The first kappa shape index (κ1) is 15.1. The highest BCUT2D eigenvalue weighted by Gasteiger charge is 2.19. The Bertz CT molecular complexity index is 491. The molecule has 5 heteroatoms. The molecule has 0 saturated carbocycles. The van der Waals surface area contributed by atoms with Gasteiger partial charge in [0.1, 0.15) is 5.60 Å². The number of carbonyl (C=O) groups is 1. The van der Waals surface area contributed by atoms with Gasteiger partial charge in [0.2, 0.25) is 0 Å². The third-order valence-corrected chi connectivity index (χ3v) is 3.42. The van der Waals surface area contributed by atoms with Crippen LogP contribution in [0.3, 0.4) is 0 Å². The molecular weight excluding hydrogens is 276 g/mol. The average Bonchev–Trinajstić information content (AvgIpc) is 2.83. The van der Waals surface area contributed by atoms with Gasteiger partial charge in [-0.15, -0.1) is 0 Å². The van der Waals surface area contributed by atoms with E-state index in [-0.39, 0.29) is 0 Å². The highest BCUT2D eigenvalue weighted by atomic mass is 35.5. The second-order valence-corrected chi connectivity index (χ2v) is 6.42. The quantitative estimate of drug-likeness (QED) is 0.863. The number of nitrogens with one attached hydrogen (secondary N) is 2. The van der Waals surface area contributed by atoms with Crippen molar-refractivity contribution in [2.24, 2.45) is 0 Å². The third kappa shape index (κ3) is 4.12. The van der Waals surface area contributed by atoms with Gasteiger partial charge < -0.3 is 10.1 Å². The van der Waals surface area contributed by atoms with E-state index in [9.17, 15) is 4.79 Å². The zero-order valence-corrected chi connectivity index (χ0v) is 12.9. The SMILES string of the molecule is CC(C)(C)OC(=O)Nc1cc(C2CCCN2)ccc1Cl. The van der Waals surface area contributed by atoms with Gasteiger partial charge in [-0.1, -0.05) is 17.7 Å². The lowest BCUT2D eigenvalue weighted by Crippen LogP contribution is -2.27. The van der Waals surface area contributed by atoms with Gasteiger partial charge in [-0.2, -0.15) is 0 Å². The molecule has 1 aromatic rings. The molecular formula is C15H21ClN2O2. The fourth-order valence-electron chi connectivity index (χ4n) is 2.24. The topological polar surface area (TPSA) is 50.4 Å². The minimum absolute atomic E-state index is 0.339. The Morgan fingerprint density at radius 3 is 2.80 bits per heavy atom. The molecule has 1 unspecified atom stereocenters. The maximum atomic E-state index is 11.8. The first-order valence-electron chi connectivity index (χ1n) is 6.88. The van der Waals surface area contributed by atoms with Gasteiger partial charge in [-0.3, -0.25) is 5.32 Å². The number of anilines is 1. The molecule has 2 N–H and O–H groups in total. The van der Waals surface area contributed by atoms with Gasteiger partial charge in [0.05, 0.1) is 10.7 Å². The Balaban J connectivity index is 2.10. The minimum Gasteiger partial charge on any atom is -0.444 e. The largest absolute Gasteiger partial charge is 0.444 e. The van der Waals surface area contributed by atoms with Gasteiger partial charge in [0, 0.05) is 6.04 Å². The predicted octanol–water partition coefficient (Wildman–Crippen LogP) is 4.11. The standard InChI is InChI=1S/C15H21ClN2O2/c1-15(2,3)20-14(19)18-13-9-10(6-7-11(13)16)12-5-4-8-17-12/h6-7,9,12,17H,4-5,8H2,1-3H3,(H,18,19). The van der Waals surface area contributed by atoms with Gasteiger partial charge >= 0.3 is 6.09 Å². The van der Waals surface area contributed by atoms with Crippen molar-refractivity contribution in [1.82, 2.24) is 5.32 Å². The lowest BCUT2D eigenvalue weighted by molar-refractivity contribution is 0.0636. The Hall–Kier alpha value is -1.26. The van der Waals surface area contributed by atoms with Crippen LogP contribution in [0.1, 0.15) is 45.2 Å². The number of amides is 1. The maximum Gasteiger partial charge on any atom is 0.412 e. The van der Waals surface area contributed by atoms with Crippen molar-refractivity contribution >= 4 is 23.4 Å². The van der Waals surface area contributed by atoms with Crippen molar-refractivity contribution in [2.45, 2.75) is 45.3 Å². The Morgan fingerprint density at radius 2 is 2.20 bits per heavy atom. The molecule has 1 amide bonds. The number of halogens is 1. The number of hydrogen-bond acceptors (Lipinski definition) is 3. The summed E-state index contributed by atoms with van der Waals surface area (Å²) < 4.78 is 5.24. The van der Waals surface area contributed by atoms with E-state index >= 15 is 0 Å². The number of hydrogen-bond donors (Lipinski definition) is 2. The molecule has 1 aliphatic heterocycles. The van der Waals surface area contributed by atoms with Crippen molar-refractivity contribution in [2.75, 3.05) is 11.9 Å². The summed E-state index contributed by atoms with van der Waals surface area (Å²) >= 11 is 6.13. The average molecular weight is 297 g/mol. The minimum atomic E-state index is -0.527. The van der Waals surface area contributed by atoms with E-state index in [1.807, 2.05) is 39.0 Å². The number of rotatable bonds is 2. The first-order chi connectivity index (χ1) is 9.35. The zero-order valence-electron chi connectivity index (χ0n) is 12.1. The number of benzene rings is 1. The molecule has 110 valence electrons. The van der Waals surface area contributed by atoms with Crippen LogP contribution in [0.25, 0.3) is 0 Å². The van der Waals surface area contributed by atoms with Gasteiger partial charge in [-0.25, -0.2) is 4.79 Å². The monoisotopic (exact) mass is 296 g/mol. The molecule has 20 heavy (non-hydrogen) atoms. The van der Waals surface area contributed by atoms with Gasteiger partial charge in [0.15, 0.2) is 0 Å². The van der Waals surface area contributed by atoms with Crippen molar-refractivity contribution in [3.05, 3.63) is 28.8 Å². The van der Waals surface area contributed by atoms with Crippen LogP contribution in [-0.2, 0) is 4.74 Å². The van der Waals surface area contributed by atoms with Crippen molar-refractivity contribution < 1.29 is 9.53 Å². The molecule has 1 heterocycles. The summed E-state index contributed by atoms with van der Waals surface area (Å²) in [6, 6.07) is 6.05. The molecule has 1 aromatic carbocycles. The summed E-state index contributed by atoms with van der Waals surface area (Å²) in [5.74, 6) is 0. The van der Waals surface area contributed by atoms with E-state index in [1.165, 1.54) is 6.42 Å². The zero-order chi connectivity index (χ0) is 14.8. The van der Waals surface area contributed by atoms with Crippen LogP contribution in [-0.4, -0.2) is 18.2 Å². The molecule has 0 bridgehead atoms. The molecule has 0 spiro atoms. The van der Waals surface area contributed by atoms with E-state index in [0.29, 0.717) is 16.8 Å². The fourth-order valence-corrected chi connectivity index (χ4v) is 2.40. The Morgan fingerprint density at radius 1 is 1.45 bits per heavy atom. The summed E-state index contributed by atoms with van der Waals surface area (Å²) in [7, 11) is 0. The summed E-state index contributed by atoms with van der Waals surface area (Å²) in [6.45, 7) is 6.51. The van der Waals surface area contributed by atoms with E-state index in [0.717, 1.165) is 18.5 Å². The second-order valence-electron chi connectivity index (χ2n) is 6.02. The molecule has 0 aliphatic carbocycles.